The van der Waals surface area contributed by atoms with Crippen LogP contribution in [0.1, 0.15) is 12.0 Å². The summed E-state index contributed by atoms with van der Waals surface area (Å²) in [5, 5.41) is 0. The zero-order valence-corrected chi connectivity index (χ0v) is 8.82. The molecule has 1 unspecified atom stereocenters. The molecular formula is C13H16O2. The number of ether oxygens (including phenoxy) is 2. The largest absolute Gasteiger partial charge is 0.491 e. The number of rotatable bonds is 6. The summed E-state index contributed by atoms with van der Waals surface area (Å²) in [6, 6.07) is 8.24. The summed E-state index contributed by atoms with van der Waals surface area (Å²) in [7, 11) is 0. The van der Waals surface area contributed by atoms with Crippen molar-refractivity contribution in [3.63, 3.8) is 0 Å². The van der Waals surface area contributed by atoms with Crippen molar-refractivity contribution >= 4 is 0 Å². The Bertz CT molecular complexity index is 312. The van der Waals surface area contributed by atoms with Crippen LogP contribution in [0.5, 0.6) is 5.75 Å². The SMILES string of the molecule is C=CCCc1ccc(OCC2CO2)cc1. The van der Waals surface area contributed by atoms with E-state index in [2.05, 4.69) is 18.7 Å². The van der Waals surface area contributed by atoms with Crippen LogP contribution in [0, 0.1) is 0 Å². The molecule has 1 aromatic carbocycles. The molecule has 0 radical (unpaired) electrons. The maximum absolute atomic E-state index is 5.54. The van der Waals surface area contributed by atoms with E-state index in [1.54, 1.807) is 0 Å². The number of aryl methyl sites for hydroxylation is 1. The third-order valence-electron chi connectivity index (χ3n) is 2.40. The summed E-state index contributed by atoms with van der Waals surface area (Å²) in [5.41, 5.74) is 1.32. The van der Waals surface area contributed by atoms with Crippen molar-refractivity contribution in [3.05, 3.63) is 42.5 Å². The first-order chi connectivity index (χ1) is 7.38. The van der Waals surface area contributed by atoms with Crippen LogP contribution in [0.15, 0.2) is 36.9 Å². The van der Waals surface area contributed by atoms with Gasteiger partial charge in [0.25, 0.3) is 0 Å². The van der Waals surface area contributed by atoms with Crippen molar-refractivity contribution in [3.8, 4) is 5.75 Å². The van der Waals surface area contributed by atoms with E-state index in [0.717, 1.165) is 25.2 Å². The van der Waals surface area contributed by atoms with Gasteiger partial charge in [0.1, 0.15) is 18.5 Å². The molecule has 2 nitrogen and oxygen atoms in total. The van der Waals surface area contributed by atoms with E-state index in [4.69, 9.17) is 9.47 Å². The van der Waals surface area contributed by atoms with Crippen LogP contribution in [0.4, 0.5) is 0 Å². The molecule has 0 aliphatic carbocycles. The average molecular weight is 204 g/mol. The van der Waals surface area contributed by atoms with Crippen molar-refractivity contribution in [2.45, 2.75) is 18.9 Å². The molecule has 0 saturated carbocycles. The maximum atomic E-state index is 5.54. The lowest BCUT2D eigenvalue weighted by molar-refractivity contribution is 0.263. The predicted octanol–water partition coefficient (Wildman–Crippen LogP) is 2.58. The maximum Gasteiger partial charge on any atom is 0.119 e. The molecular weight excluding hydrogens is 188 g/mol. The first-order valence-electron chi connectivity index (χ1n) is 5.33. The average Bonchev–Trinajstić information content (AvgIpc) is 3.09. The van der Waals surface area contributed by atoms with E-state index in [1.165, 1.54) is 5.56 Å². The van der Waals surface area contributed by atoms with Crippen LogP contribution >= 0.6 is 0 Å². The molecule has 1 fully saturated rings. The van der Waals surface area contributed by atoms with Gasteiger partial charge in [0, 0.05) is 0 Å². The minimum atomic E-state index is 0.324. The summed E-state index contributed by atoms with van der Waals surface area (Å²) in [6.07, 6.45) is 4.34. The number of hydrogen-bond donors (Lipinski definition) is 0. The van der Waals surface area contributed by atoms with Gasteiger partial charge < -0.3 is 9.47 Å². The van der Waals surface area contributed by atoms with E-state index in [9.17, 15) is 0 Å². The zero-order valence-electron chi connectivity index (χ0n) is 8.82. The highest BCUT2D eigenvalue weighted by molar-refractivity contribution is 5.27. The number of epoxide rings is 1. The first-order valence-corrected chi connectivity index (χ1v) is 5.33. The molecule has 0 aromatic heterocycles. The number of benzene rings is 1. The fourth-order valence-corrected chi connectivity index (χ4v) is 1.37. The van der Waals surface area contributed by atoms with E-state index >= 15 is 0 Å². The van der Waals surface area contributed by atoms with Crippen LogP contribution in [-0.2, 0) is 11.2 Å². The molecule has 80 valence electrons. The minimum Gasteiger partial charge on any atom is -0.491 e. The van der Waals surface area contributed by atoms with Crippen molar-refractivity contribution in [2.75, 3.05) is 13.2 Å². The topological polar surface area (TPSA) is 21.8 Å². The molecule has 1 saturated heterocycles. The fourth-order valence-electron chi connectivity index (χ4n) is 1.37. The van der Waals surface area contributed by atoms with Crippen LogP contribution in [0.3, 0.4) is 0 Å². The third-order valence-corrected chi connectivity index (χ3v) is 2.40. The van der Waals surface area contributed by atoms with Gasteiger partial charge in [-0.05, 0) is 30.5 Å². The Morgan fingerprint density at radius 3 is 2.73 bits per heavy atom. The minimum absolute atomic E-state index is 0.324. The Morgan fingerprint density at radius 2 is 2.13 bits per heavy atom. The van der Waals surface area contributed by atoms with Gasteiger partial charge in [-0.25, -0.2) is 0 Å². The van der Waals surface area contributed by atoms with Gasteiger partial charge in [0.15, 0.2) is 0 Å². The quantitative estimate of drug-likeness (QED) is 0.524. The highest BCUT2D eigenvalue weighted by Crippen LogP contribution is 2.16. The predicted molar refractivity (Wildman–Crippen MR) is 60.2 cm³/mol. The molecule has 0 N–H and O–H groups in total. The van der Waals surface area contributed by atoms with Gasteiger partial charge in [0.2, 0.25) is 0 Å². The van der Waals surface area contributed by atoms with Crippen molar-refractivity contribution in [2.24, 2.45) is 0 Å². The Labute approximate surface area is 90.5 Å². The van der Waals surface area contributed by atoms with Gasteiger partial charge in [-0.1, -0.05) is 18.2 Å². The molecule has 1 aliphatic rings. The Kier molecular flexibility index (Phi) is 3.41. The highest BCUT2D eigenvalue weighted by atomic mass is 16.6. The van der Waals surface area contributed by atoms with E-state index in [1.807, 2.05) is 18.2 Å². The fraction of sp³-hybridized carbons (Fsp3) is 0.385. The Hall–Kier alpha value is -1.28. The third kappa shape index (κ3) is 3.40. The molecule has 1 heterocycles. The monoisotopic (exact) mass is 204 g/mol. The van der Waals surface area contributed by atoms with Gasteiger partial charge in [0.05, 0.1) is 6.61 Å². The van der Waals surface area contributed by atoms with Crippen LogP contribution < -0.4 is 4.74 Å². The molecule has 1 aliphatic heterocycles. The lowest BCUT2D eigenvalue weighted by Crippen LogP contribution is -2.03. The van der Waals surface area contributed by atoms with Crippen LogP contribution in [0.25, 0.3) is 0 Å². The summed E-state index contributed by atoms with van der Waals surface area (Å²) >= 11 is 0. The van der Waals surface area contributed by atoms with E-state index < -0.39 is 0 Å². The molecule has 1 atom stereocenters. The van der Waals surface area contributed by atoms with Crippen LogP contribution in [0.2, 0.25) is 0 Å². The second-order valence-electron chi connectivity index (χ2n) is 3.74. The van der Waals surface area contributed by atoms with Crippen molar-refractivity contribution in [1.82, 2.24) is 0 Å². The summed E-state index contributed by atoms with van der Waals surface area (Å²) in [5.74, 6) is 0.924. The summed E-state index contributed by atoms with van der Waals surface area (Å²) < 4.78 is 10.6. The van der Waals surface area contributed by atoms with Crippen LogP contribution in [-0.4, -0.2) is 19.3 Å². The lowest BCUT2D eigenvalue weighted by atomic mass is 10.1. The smallest absolute Gasteiger partial charge is 0.119 e. The number of hydrogen-bond acceptors (Lipinski definition) is 2. The van der Waals surface area contributed by atoms with Crippen molar-refractivity contribution in [1.29, 1.82) is 0 Å². The second-order valence-corrected chi connectivity index (χ2v) is 3.74. The molecule has 0 amide bonds. The van der Waals surface area contributed by atoms with E-state index in [0.29, 0.717) is 12.7 Å². The van der Waals surface area contributed by atoms with Gasteiger partial charge in [-0.3, -0.25) is 0 Å². The standard InChI is InChI=1S/C13H16O2/c1-2-3-4-11-5-7-12(8-6-11)14-9-13-10-15-13/h2,5-8,13H,1,3-4,9-10H2. The molecule has 15 heavy (non-hydrogen) atoms. The van der Waals surface area contributed by atoms with Crippen molar-refractivity contribution < 1.29 is 9.47 Å². The lowest BCUT2D eigenvalue weighted by Gasteiger charge is -2.04. The molecule has 1 aromatic rings. The Morgan fingerprint density at radius 1 is 1.40 bits per heavy atom. The van der Waals surface area contributed by atoms with E-state index in [-0.39, 0.29) is 0 Å². The first kappa shape index (κ1) is 10.2. The summed E-state index contributed by atoms with van der Waals surface area (Å²) in [6.45, 7) is 5.23. The zero-order chi connectivity index (χ0) is 10.5. The Balaban J connectivity index is 1.82. The van der Waals surface area contributed by atoms with Gasteiger partial charge in [-0.15, -0.1) is 6.58 Å². The molecule has 0 spiro atoms. The number of allylic oxidation sites excluding steroid dienone is 1. The molecule has 0 bridgehead atoms. The van der Waals surface area contributed by atoms with Gasteiger partial charge >= 0.3 is 0 Å². The molecule has 2 heteroatoms. The second kappa shape index (κ2) is 4.99. The highest BCUT2D eigenvalue weighted by Gasteiger charge is 2.22. The molecule has 2 rings (SSSR count). The van der Waals surface area contributed by atoms with Gasteiger partial charge in [-0.2, -0.15) is 0 Å². The summed E-state index contributed by atoms with van der Waals surface area (Å²) in [4.78, 5) is 0. The normalized spacial score (nSPS) is 18.5.